The molecule has 1 aromatic heterocycles. The Morgan fingerprint density at radius 2 is 2.27 bits per heavy atom. The number of aromatic nitrogens is 2. The summed E-state index contributed by atoms with van der Waals surface area (Å²) >= 11 is 0. The zero-order valence-electron chi connectivity index (χ0n) is 14.0. The lowest BCUT2D eigenvalue weighted by atomic mass is 9.68. The van der Waals surface area contributed by atoms with E-state index in [4.69, 9.17) is 4.99 Å². The van der Waals surface area contributed by atoms with Gasteiger partial charge in [-0.15, -0.1) is 0 Å². The smallest absolute Gasteiger partial charge is 0.193 e. The predicted molar refractivity (Wildman–Crippen MR) is 90.0 cm³/mol. The first kappa shape index (κ1) is 15.4. The van der Waals surface area contributed by atoms with Gasteiger partial charge in [0.25, 0.3) is 0 Å². The molecular formula is C17H29N5. The Morgan fingerprint density at radius 3 is 2.86 bits per heavy atom. The maximum atomic E-state index is 4.83. The molecule has 1 N–H and O–H groups in total. The van der Waals surface area contributed by atoms with Crippen molar-refractivity contribution in [3.8, 4) is 0 Å². The summed E-state index contributed by atoms with van der Waals surface area (Å²) in [7, 11) is 0. The van der Waals surface area contributed by atoms with Gasteiger partial charge in [0, 0.05) is 38.9 Å². The van der Waals surface area contributed by atoms with Gasteiger partial charge in [0.1, 0.15) is 0 Å². The normalized spacial score (nSPS) is 20.5. The number of likely N-dealkylation sites (tertiary alicyclic amines) is 1. The molecule has 0 amide bonds. The molecule has 1 spiro atoms. The summed E-state index contributed by atoms with van der Waals surface area (Å²) in [5.41, 5.74) is 1.85. The Kier molecular flexibility index (Phi) is 4.69. The summed E-state index contributed by atoms with van der Waals surface area (Å²) in [6.07, 6.45) is 10.7. The summed E-state index contributed by atoms with van der Waals surface area (Å²) in [5.74, 6) is 1.11. The third-order valence-corrected chi connectivity index (χ3v) is 5.06. The van der Waals surface area contributed by atoms with E-state index in [-0.39, 0.29) is 0 Å². The second-order valence-corrected chi connectivity index (χ2v) is 6.90. The highest BCUT2D eigenvalue weighted by Crippen LogP contribution is 2.47. The number of aryl methyl sites for hydroxylation is 2. The first-order valence-electron chi connectivity index (χ1n) is 8.73. The minimum Gasteiger partial charge on any atom is -0.357 e. The molecule has 0 unspecified atom stereocenters. The highest BCUT2D eigenvalue weighted by molar-refractivity contribution is 5.80. The van der Waals surface area contributed by atoms with Gasteiger partial charge in [-0.3, -0.25) is 9.67 Å². The van der Waals surface area contributed by atoms with Crippen LogP contribution in [0.1, 0.15) is 44.6 Å². The molecule has 0 radical (unpaired) electrons. The third-order valence-electron chi connectivity index (χ3n) is 5.06. The SMILES string of the molecule is CCNC(=NCCCn1cc(C)cn1)N1CCC2(CCC2)C1. The van der Waals surface area contributed by atoms with Gasteiger partial charge in [-0.25, -0.2) is 0 Å². The topological polar surface area (TPSA) is 45.5 Å². The van der Waals surface area contributed by atoms with Crippen LogP contribution in [0.3, 0.4) is 0 Å². The molecule has 0 bridgehead atoms. The zero-order chi connectivity index (χ0) is 15.4. The van der Waals surface area contributed by atoms with Crippen molar-refractivity contribution < 1.29 is 0 Å². The van der Waals surface area contributed by atoms with Gasteiger partial charge in [0.2, 0.25) is 0 Å². The molecule has 0 aromatic carbocycles. The fourth-order valence-electron chi connectivity index (χ4n) is 3.63. The van der Waals surface area contributed by atoms with Gasteiger partial charge in [0.15, 0.2) is 5.96 Å². The van der Waals surface area contributed by atoms with E-state index in [0.717, 1.165) is 32.0 Å². The molecule has 2 heterocycles. The van der Waals surface area contributed by atoms with Gasteiger partial charge in [0.05, 0.1) is 6.20 Å². The number of guanidine groups is 1. The van der Waals surface area contributed by atoms with Gasteiger partial charge < -0.3 is 10.2 Å². The maximum Gasteiger partial charge on any atom is 0.193 e. The number of hydrogen-bond acceptors (Lipinski definition) is 2. The van der Waals surface area contributed by atoms with Gasteiger partial charge in [-0.1, -0.05) is 6.42 Å². The monoisotopic (exact) mass is 303 g/mol. The maximum absolute atomic E-state index is 4.83. The van der Waals surface area contributed by atoms with Crippen molar-refractivity contribution in [3.63, 3.8) is 0 Å². The van der Waals surface area contributed by atoms with Crippen LogP contribution in [0.5, 0.6) is 0 Å². The minimum absolute atomic E-state index is 0.628. The molecule has 1 aliphatic heterocycles. The second-order valence-electron chi connectivity index (χ2n) is 6.90. The molecule has 3 rings (SSSR count). The third kappa shape index (κ3) is 3.45. The van der Waals surface area contributed by atoms with Crippen molar-refractivity contribution in [3.05, 3.63) is 18.0 Å². The van der Waals surface area contributed by atoms with Crippen LogP contribution >= 0.6 is 0 Å². The summed E-state index contributed by atoms with van der Waals surface area (Å²) in [6.45, 7) is 9.36. The molecule has 122 valence electrons. The Morgan fingerprint density at radius 1 is 1.41 bits per heavy atom. The minimum atomic E-state index is 0.628. The average molecular weight is 303 g/mol. The predicted octanol–water partition coefficient (Wildman–Crippen LogP) is 2.42. The van der Waals surface area contributed by atoms with Crippen molar-refractivity contribution >= 4 is 5.96 Å². The fourth-order valence-corrected chi connectivity index (χ4v) is 3.63. The Balaban J connectivity index is 1.49. The zero-order valence-corrected chi connectivity index (χ0v) is 14.0. The molecular weight excluding hydrogens is 274 g/mol. The Labute approximate surface area is 133 Å². The molecule has 2 fully saturated rings. The standard InChI is InChI=1S/C17H29N5/c1-3-18-16(21-11-8-17(14-21)6-4-7-17)19-9-5-10-22-13-15(2)12-20-22/h12-13H,3-11,14H2,1-2H3,(H,18,19). The lowest BCUT2D eigenvalue weighted by molar-refractivity contribution is 0.151. The second kappa shape index (κ2) is 6.71. The Hall–Kier alpha value is -1.52. The highest BCUT2D eigenvalue weighted by atomic mass is 15.3. The Bertz CT molecular complexity index is 515. The van der Waals surface area contributed by atoms with E-state index in [0.29, 0.717) is 5.41 Å². The summed E-state index contributed by atoms with van der Waals surface area (Å²) in [4.78, 5) is 7.30. The number of hydrogen-bond donors (Lipinski definition) is 1. The van der Waals surface area contributed by atoms with Gasteiger partial charge in [-0.2, -0.15) is 5.10 Å². The van der Waals surface area contributed by atoms with Crippen LogP contribution in [0.25, 0.3) is 0 Å². The first-order chi connectivity index (χ1) is 10.7. The molecule has 0 atom stereocenters. The van der Waals surface area contributed by atoms with Crippen molar-refractivity contribution in [2.75, 3.05) is 26.2 Å². The number of rotatable bonds is 5. The van der Waals surface area contributed by atoms with Crippen LogP contribution in [-0.4, -0.2) is 46.8 Å². The van der Waals surface area contributed by atoms with E-state index >= 15 is 0 Å². The van der Waals surface area contributed by atoms with Crippen LogP contribution < -0.4 is 5.32 Å². The van der Waals surface area contributed by atoms with E-state index in [1.807, 2.05) is 10.9 Å². The molecule has 1 aromatic rings. The van der Waals surface area contributed by atoms with E-state index < -0.39 is 0 Å². The van der Waals surface area contributed by atoms with Crippen LogP contribution in [0.4, 0.5) is 0 Å². The molecule has 1 saturated heterocycles. The lowest BCUT2D eigenvalue weighted by Crippen LogP contribution is -2.42. The molecule has 5 nitrogen and oxygen atoms in total. The van der Waals surface area contributed by atoms with E-state index in [2.05, 4.69) is 35.4 Å². The average Bonchev–Trinajstić information content (AvgIpc) is 3.08. The van der Waals surface area contributed by atoms with E-state index in [1.54, 1.807) is 0 Å². The van der Waals surface area contributed by atoms with Crippen LogP contribution in [-0.2, 0) is 6.54 Å². The number of aliphatic imine (C=N–C) groups is 1. The van der Waals surface area contributed by atoms with E-state index in [9.17, 15) is 0 Å². The van der Waals surface area contributed by atoms with Crippen LogP contribution in [0.15, 0.2) is 17.4 Å². The van der Waals surface area contributed by atoms with Crippen LogP contribution in [0.2, 0.25) is 0 Å². The lowest BCUT2D eigenvalue weighted by Gasteiger charge is -2.38. The van der Waals surface area contributed by atoms with Gasteiger partial charge >= 0.3 is 0 Å². The van der Waals surface area contributed by atoms with Crippen molar-refractivity contribution in [1.82, 2.24) is 20.0 Å². The molecule has 1 saturated carbocycles. The number of nitrogens with zero attached hydrogens (tertiary/aromatic N) is 4. The quantitative estimate of drug-likeness (QED) is 0.516. The summed E-state index contributed by atoms with van der Waals surface area (Å²) in [6, 6.07) is 0. The molecule has 2 aliphatic rings. The molecule has 1 aliphatic carbocycles. The summed E-state index contributed by atoms with van der Waals surface area (Å²) < 4.78 is 2.01. The van der Waals surface area contributed by atoms with Crippen LogP contribution in [0, 0.1) is 12.3 Å². The van der Waals surface area contributed by atoms with Crippen molar-refractivity contribution in [2.24, 2.45) is 10.4 Å². The fraction of sp³-hybridized carbons (Fsp3) is 0.765. The summed E-state index contributed by atoms with van der Waals surface area (Å²) in [5, 5.41) is 7.79. The largest absolute Gasteiger partial charge is 0.357 e. The molecule has 5 heteroatoms. The molecule has 22 heavy (non-hydrogen) atoms. The number of nitrogens with one attached hydrogen (secondary N) is 1. The van der Waals surface area contributed by atoms with Gasteiger partial charge in [-0.05, 0) is 50.5 Å². The highest BCUT2D eigenvalue weighted by Gasteiger charge is 2.43. The van der Waals surface area contributed by atoms with E-state index in [1.165, 1.54) is 44.3 Å². The van der Waals surface area contributed by atoms with Crippen molar-refractivity contribution in [2.45, 2.75) is 52.5 Å². The van der Waals surface area contributed by atoms with Crippen molar-refractivity contribution in [1.29, 1.82) is 0 Å². The first-order valence-corrected chi connectivity index (χ1v) is 8.73.